The second-order valence-electron chi connectivity index (χ2n) is 7.21. The van der Waals surface area contributed by atoms with Gasteiger partial charge in [-0.2, -0.15) is 0 Å². The van der Waals surface area contributed by atoms with Crippen molar-refractivity contribution in [3.63, 3.8) is 0 Å². The fourth-order valence-corrected chi connectivity index (χ4v) is 4.07. The molecule has 1 saturated heterocycles. The van der Waals surface area contributed by atoms with Crippen molar-refractivity contribution in [1.82, 2.24) is 24.8 Å². The van der Waals surface area contributed by atoms with Crippen molar-refractivity contribution in [1.29, 1.82) is 0 Å². The van der Waals surface area contributed by atoms with E-state index in [9.17, 15) is 9.59 Å². The van der Waals surface area contributed by atoms with E-state index >= 15 is 0 Å². The third-order valence-corrected chi connectivity index (χ3v) is 5.32. The van der Waals surface area contributed by atoms with Crippen LogP contribution in [0.25, 0.3) is 0 Å². The number of H-pyrrole nitrogens is 2. The summed E-state index contributed by atoms with van der Waals surface area (Å²) in [5.41, 5.74) is 2.14. The van der Waals surface area contributed by atoms with E-state index in [2.05, 4.69) is 15.0 Å². The Balaban J connectivity index is 1.65. The van der Waals surface area contributed by atoms with Gasteiger partial charge in [0, 0.05) is 45.0 Å². The van der Waals surface area contributed by atoms with Crippen molar-refractivity contribution in [2.75, 3.05) is 32.1 Å². The first kappa shape index (κ1) is 15.9. The van der Waals surface area contributed by atoms with Gasteiger partial charge in [-0.25, -0.2) is 14.8 Å². The molecular weight excluding hydrogens is 320 g/mol. The Bertz CT molecular complexity index is 866. The molecule has 2 N–H and O–H groups in total. The van der Waals surface area contributed by atoms with Gasteiger partial charge >= 0.3 is 5.69 Å². The Hall–Kier alpha value is -2.64. The molecule has 1 fully saturated rings. The van der Waals surface area contributed by atoms with Crippen LogP contribution in [0.3, 0.4) is 0 Å². The van der Waals surface area contributed by atoms with Gasteiger partial charge in [0.1, 0.15) is 5.69 Å². The van der Waals surface area contributed by atoms with Crippen molar-refractivity contribution in [3.8, 4) is 0 Å². The first-order valence-corrected chi connectivity index (χ1v) is 8.59. The molecule has 0 radical (unpaired) electrons. The van der Waals surface area contributed by atoms with Crippen molar-refractivity contribution in [2.24, 2.45) is 0 Å². The normalized spacial score (nSPS) is 22.2. The van der Waals surface area contributed by atoms with Crippen LogP contribution in [0.5, 0.6) is 0 Å². The predicted molar refractivity (Wildman–Crippen MR) is 92.9 cm³/mol. The highest BCUT2D eigenvalue weighted by Gasteiger charge is 2.45. The number of anilines is 1. The van der Waals surface area contributed by atoms with E-state index in [0.29, 0.717) is 24.7 Å². The number of piperidine rings is 1. The Labute approximate surface area is 145 Å². The lowest BCUT2D eigenvalue weighted by molar-refractivity contribution is 0.0628. The summed E-state index contributed by atoms with van der Waals surface area (Å²) in [6.07, 6.45) is 7.27. The number of imidazole rings is 1. The summed E-state index contributed by atoms with van der Waals surface area (Å²) in [7, 11) is 3.87. The molecule has 3 heterocycles. The molecule has 4 rings (SSSR count). The van der Waals surface area contributed by atoms with Crippen LogP contribution in [0.4, 0.5) is 5.95 Å². The summed E-state index contributed by atoms with van der Waals surface area (Å²) in [5, 5.41) is 0. The minimum atomic E-state index is -0.357. The topological polar surface area (TPSA) is 98.0 Å². The fraction of sp³-hybridized carbons (Fsp3) is 0.529. The number of nitrogens with one attached hydrogen (secondary N) is 2. The van der Waals surface area contributed by atoms with Crippen LogP contribution in [-0.2, 0) is 11.8 Å². The van der Waals surface area contributed by atoms with Crippen molar-refractivity contribution < 1.29 is 4.79 Å². The predicted octanol–water partition coefficient (Wildman–Crippen LogP) is 0.679. The third kappa shape index (κ3) is 2.61. The molecule has 0 aromatic carbocycles. The maximum Gasteiger partial charge on any atom is 0.323 e. The zero-order chi connectivity index (χ0) is 17.6. The molecule has 1 unspecified atom stereocenters. The molecule has 1 amide bonds. The van der Waals surface area contributed by atoms with Gasteiger partial charge in [-0.3, -0.25) is 4.79 Å². The molecule has 2 aromatic heterocycles. The molecule has 1 aliphatic carbocycles. The highest BCUT2D eigenvalue weighted by molar-refractivity contribution is 5.92. The second kappa shape index (κ2) is 5.72. The summed E-state index contributed by atoms with van der Waals surface area (Å²) >= 11 is 0. The first-order chi connectivity index (χ1) is 12.0. The number of nitrogens with zero attached hydrogens (tertiary/aromatic N) is 4. The lowest BCUT2D eigenvalue weighted by atomic mass is 9.77. The molecule has 0 bridgehead atoms. The Morgan fingerprint density at radius 3 is 2.92 bits per heavy atom. The van der Waals surface area contributed by atoms with Crippen LogP contribution in [0.1, 0.15) is 41.0 Å². The summed E-state index contributed by atoms with van der Waals surface area (Å²) in [6.45, 7) is 1.34. The molecule has 8 heteroatoms. The maximum atomic E-state index is 12.7. The molecule has 1 spiro atoms. The van der Waals surface area contributed by atoms with Crippen molar-refractivity contribution >= 4 is 11.9 Å². The van der Waals surface area contributed by atoms with Crippen LogP contribution < -0.4 is 10.6 Å². The molecular formula is C17H22N6O2. The average Bonchev–Trinajstić information content (AvgIpc) is 3.19. The van der Waals surface area contributed by atoms with Gasteiger partial charge in [0.25, 0.3) is 5.91 Å². The molecule has 25 heavy (non-hydrogen) atoms. The summed E-state index contributed by atoms with van der Waals surface area (Å²) in [5.74, 6) is 0.575. The number of fused-ring (bicyclic) bond motifs is 2. The molecule has 2 aliphatic rings. The van der Waals surface area contributed by atoms with Crippen LogP contribution in [-0.4, -0.2) is 57.9 Å². The van der Waals surface area contributed by atoms with Gasteiger partial charge in [0.2, 0.25) is 5.95 Å². The van der Waals surface area contributed by atoms with Gasteiger partial charge in [-0.1, -0.05) is 0 Å². The van der Waals surface area contributed by atoms with Crippen molar-refractivity contribution in [3.05, 3.63) is 39.8 Å². The Morgan fingerprint density at radius 1 is 1.36 bits per heavy atom. The van der Waals surface area contributed by atoms with Crippen LogP contribution >= 0.6 is 0 Å². The van der Waals surface area contributed by atoms with Gasteiger partial charge < -0.3 is 19.8 Å². The number of likely N-dealkylation sites (tertiary alicyclic amines) is 1. The van der Waals surface area contributed by atoms with Gasteiger partial charge in [0.05, 0.1) is 5.69 Å². The van der Waals surface area contributed by atoms with Crippen LogP contribution in [0, 0.1) is 0 Å². The van der Waals surface area contributed by atoms with Crippen LogP contribution in [0.2, 0.25) is 0 Å². The van der Waals surface area contributed by atoms with Gasteiger partial charge in [-0.05, 0) is 31.2 Å². The zero-order valence-electron chi connectivity index (χ0n) is 14.5. The van der Waals surface area contributed by atoms with E-state index < -0.39 is 0 Å². The highest BCUT2D eigenvalue weighted by Crippen LogP contribution is 2.44. The number of carbonyl (C=O) groups is 1. The summed E-state index contributed by atoms with van der Waals surface area (Å²) in [6, 6.07) is 0. The molecule has 2 aromatic rings. The highest BCUT2D eigenvalue weighted by atomic mass is 16.2. The van der Waals surface area contributed by atoms with Crippen molar-refractivity contribution in [2.45, 2.75) is 31.1 Å². The summed E-state index contributed by atoms with van der Waals surface area (Å²) < 4.78 is 0. The lowest BCUT2D eigenvalue weighted by Gasteiger charge is -2.40. The quantitative estimate of drug-likeness (QED) is 0.836. The monoisotopic (exact) mass is 342 g/mol. The number of aromatic nitrogens is 4. The Kier molecular flexibility index (Phi) is 3.63. The largest absolute Gasteiger partial charge is 0.347 e. The number of rotatable bonds is 2. The number of hydrogen-bond acceptors (Lipinski definition) is 5. The van der Waals surface area contributed by atoms with Gasteiger partial charge in [-0.15, -0.1) is 0 Å². The number of carbonyl (C=O) groups excluding carboxylic acids is 1. The second-order valence-corrected chi connectivity index (χ2v) is 7.21. The number of aryl methyl sites for hydroxylation is 1. The van der Waals surface area contributed by atoms with E-state index in [0.717, 1.165) is 31.4 Å². The number of aromatic amines is 2. The minimum absolute atomic E-state index is 0.104. The van der Waals surface area contributed by atoms with E-state index in [1.54, 1.807) is 0 Å². The smallest absolute Gasteiger partial charge is 0.323 e. The molecule has 1 aliphatic heterocycles. The molecule has 1 atom stereocenters. The van der Waals surface area contributed by atoms with E-state index in [4.69, 9.17) is 4.98 Å². The average molecular weight is 342 g/mol. The summed E-state index contributed by atoms with van der Waals surface area (Å²) in [4.78, 5) is 42.1. The van der Waals surface area contributed by atoms with E-state index in [-0.39, 0.29) is 17.0 Å². The lowest BCUT2D eigenvalue weighted by Crippen LogP contribution is -2.48. The minimum Gasteiger partial charge on any atom is -0.347 e. The SMILES string of the molecule is CN(C)c1ncc2c(n1)C1(CCCN(C(=O)c3c[nH]c(=O)[nH]3)C1)CC2. The van der Waals surface area contributed by atoms with E-state index in [1.165, 1.54) is 11.8 Å². The fourth-order valence-electron chi connectivity index (χ4n) is 4.07. The van der Waals surface area contributed by atoms with Crippen LogP contribution in [0.15, 0.2) is 17.2 Å². The molecule has 8 nitrogen and oxygen atoms in total. The number of amides is 1. The number of hydrogen-bond donors (Lipinski definition) is 2. The molecule has 0 saturated carbocycles. The Morgan fingerprint density at radius 2 is 2.20 bits per heavy atom. The van der Waals surface area contributed by atoms with Gasteiger partial charge in [0.15, 0.2) is 0 Å². The third-order valence-electron chi connectivity index (χ3n) is 5.32. The first-order valence-electron chi connectivity index (χ1n) is 8.59. The standard InChI is InChI=1S/C17H22N6O2/c1-22(2)15-18-8-11-4-6-17(13(11)21-15)5-3-7-23(10-17)14(24)12-9-19-16(25)20-12/h8-9H,3-7,10H2,1-2H3,(H2,19,20,25). The maximum absolute atomic E-state index is 12.7. The zero-order valence-corrected chi connectivity index (χ0v) is 14.5. The molecule has 132 valence electrons. The van der Waals surface area contributed by atoms with E-state index in [1.807, 2.05) is 30.1 Å².